The van der Waals surface area contributed by atoms with Gasteiger partial charge < -0.3 is 10.1 Å². The third-order valence-corrected chi connectivity index (χ3v) is 2.42. The van der Waals surface area contributed by atoms with Gasteiger partial charge in [0.05, 0.1) is 12.6 Å². The molecule has 2 fully saturated rings. The summed E-state index contributed by atoms with van der Waals surface area (Å²) >= 11 is 0. The maximum Gasteiger partial charge on any atom is 0.254 e. The highest BCUT2D eigenvalue weighted by Gasteiger charge is 2.41. The third-order valence-electron chi connectivity index (χ3n) is 2.42. The van der Waals surface area contributed by atoms with E-state index >= 15 is 0 Å². The van der Waals surface area contributed by atoms with Crippen LogP contribution in [0.2, 0.25) is 0 Å². The summed E-state index contributed by atoms with van der Waals surface area (Å²) in [7, 11) is 1.58. The first-order chi connectivity index (χ1) is 6.64. The monoisotopic (exact) mass is 197 g/mol. The molecule has 1 aliphatic heterocycles. The molecule has 1 heterocycles. The molecule has 0 radical (unpaired) electrons. The van der Waals surface area contributed by atoms with Crippen molar-refractivity contribution in [3.63, 3.8) is 0 Å². The van der Waals surface area contributed by atoms with E-state index in [1.165, 1.54) is 0 Å². The van der Waals surface area contributed by atoms with Gasteiger partial charge >= 0.3 is 0 Å². The first kappa shape index (κ1) is 9.45. The third kappa shape index (κ3) is 1.72. The molecule has 1 unspecified atom stereocenters. The molecule has 0 aromatic heterocycles. The Kier molecular flexibility index (Phi) is 2.19. The Balaban J connectivity index is 2.05. The summed E-state index contributed by atoms with van der Waals surface area (Å²) in [6.45, 7) is 2.16. The van der Waals surface area contributed by atoms with Crippen molar-refractivity contribution >= 4 is 11.9 Å². The molecule has 0 aromatic rings. The van der Waals surface area contributed by atoms with Gasteiger partial charge in [-0.2, -0.15) is 0 Å². The van der Waals surface area contributed by atoms with E-state index < -0.39 is 5.54 Å². The fraction of sp³-hybridized carbons (Fsp3) is 0.778. The second-order valence-electron chi connectivity index (χ2n) is 4.05. The Bertz CT molecular complexity index is 286. The number of carbonyl (C=O) groups excluding carboxylic acids is 1. The Labute approximate surface area is 82.9 Å². The molecule has 0 aromatic carbocycles. The molecule has 78 valence electrons. The van der Waals surface area contributed by atoms with Crippen LogP contribution in [0.1, 0.15) is 19.8 Å². The van der Waals surface area contributed by atoms with Crippen LogP contribution in [0.25, 0.3) is 0 Å². The second kappa shape index (κ2) is 3.24. The molecule has 1 saturated heterocycles. The van der Waals surface area contributed by atoms with Crippen molar-refractivity contribution in [2.75, 3.05) is 13.7 Å². The molecule has 1 amide bonds. The molecule has 0 bridgehead atoms. The van der Waals surface area contributed by atoms with Crippen LogP contribution < -0.4 is 10.6 Å². The number of amides is 1. The normalized spacial score (nSPS) is 34.4. The number of carbonyl (C=O) groups is 1. The van der Waals surface area contributed by atoms with Crippen LogP contribution in [0.15, 0.2) is 4.99 Å². The van der Waals surface area contributed by atoms with Crippen LogP contribution in [-0.2, 0) is 9.53 Å². The van der Waals surface area contributed by atoms with Crippen molar-refractivity contribution in [3.05, 3.63) is 0 Å². The Morgan fingerprint density at radius 1 is 1.64 bits per heavy atom. The molecule has 0 spiro atoms. The van der Waals surface area contributed by atoms with Gasteiger partial charge in [-0.3, -0.25) is 10.1 Å². The maximum atomic E-state index is 11.6. The van der Waals surface area contributed by atoms with Gasteiger partial charge in [-0.05, 0) is 19.8 Å². The lowest BCUT2D eigenvalue weighted by Crippen LogP contribution is -2.47. The van der Waals surface area contributed by atoms with Crippen molar-refractivity contribution in [3.8, 4) is 0 Å². The van der Waals surface area contributed by atoms with E-state index in [9.17, 15) is 4.79 Å². The van der Waals surface area contributed by atoms with E-state index in [-0.39, 0.29) is 5.91 Å². The minimum Gasteiger partial charge on any atom is -0.382 e. The van der Waals surface area contributed by atoms with Gasteiger partial charge in [0.25, 0.3) is 5.91 Å². The molecule has 1 saturated carbocycles. The highest BCUT2D eigenvalue weighted by molar-refractivity contribution is 6.08. The molecule has 14 heavy (non-hydrogen) atoms. The molecule has 1 atom stereocenters. The number of ether oxygens (including phenoxy) is 1. The second-order valence-corrected chi connectivity index (χ2v) is 4.05. The van der Waals surface area contributed by atoms with Crippen molar-refractivity contribution in [1.29, 1.82) is 0 Å². The number of rotatable bonds is 3. The molecule has 5 heteroatoms. The smallest absolute Gasteiger partial charge is 0.254 e. The molecular formula is C9H15N3O2. The molecule has 5 nitrogen and oxygen atoms in total. The van der Waals surface area contributed by atoms with Crippen LogP contribution in [0.3, 0.4) is 0 Å². The number of hydrogen-bond donors (Lipinski definition) is 2. The zero-order valence-electron chi connectivity index (χ0n) is 8.46. The topological polar surface area (TPSA) is 62.7 Å². The van der Waals surface area contributed by atoms with Crippen molar-refractivity contribution in [2.24, 2.45) is 4.99 Å². The first-order valence-electron chi connectivity index (χ1n) is 4.80. The molecule has 2 rings (SSSR count). The summed E-state index contributed by atoms with van der Waals surface area (Å²) in [5, 5.41) is 5.77. The van der Waals surface area contributed by atoms with Gasteiger partial charge in [0.1, 0.15) is 5.54 Å². The van der Waals surface area contributed by atoms with Crippen LogP contribution in [0, 0.1) is 0 Å². The minimum atomic E-state index is -0.664. The SMILES string of the molecule is COCC1(C)NC(=NC2CC2)NC1=O. The van der Waals surface area contributed by atoms with Gasteiger partial charge in [-0.25, -0.2) is 4.99 Å². The fourth-order valence-electron chi connectivity index (χ4n) is 1.44. The fourth-order valence-corrected chi connectivity index (χ4v) is 1.44. The van der Waals surface area contributed by atoms with Gasteiger partial charge in [0.2, 0.25) is 0 Å². The van der Waals surface area contributed by atoms with Gasteiger partial charge in [0.15, 0.2) is 5.96 Å². The van der Waals surface area contributed by atoms with E-state index in [0.717, 1.165) is 12.8 Å². The number of aliphatic imine (C=N–C) groups is 1. The lowest BCUT2D eigenvalue weighted by atomic mass is 10.1. The van der Waals surface area contributed by atoms with Gasteiger partial charge in [-0.1, -0.05) is 0 Å². The highest BCUT2D eigenvalue weighted by atomic mass is 16.5. The lowest BCUT2D eigenvalue weighted by Gasteiger charge is -2.19. The highest BCUT2D eigenvalue weighted by Crippen LogP contribution is 2.24. The summed E-state index contributed by atoms with van der Waals surface area (Å²) in [6.07, 6.45) is 2.25. The van der Waals surface area contributed by atoms with E-state index in [0.29, 0.717) is 18.6 Å². The Morgan fingerprint density at radius 3 is 2.93 bits per heavy atom. The first-order valence-corrected chi connectivity index (χ1v) is 4.80. The number of guanidine groups is 1. The summed E-state index contributed by atoms with van der Waals surface area (Å²) in [4.78, 5) is 15.9. The predicted molar refractivity (Wildman–Crippen MR) is 52.0 cm³/mol. The average molecular weight is 197 g/mol. The van der Waals surface area contributed by atoms with Crippen molar-refractivity contribution < 1.29 is 9.53 Å². The average Bonchev–Trinajstić information content (AvgIpc) is 2.83. The van der Waals surface area contributed by atoms with Crippen LogP contribution in [0.4, 0.5) is 0 Å². The number of nitrogens with one attached hydrogen (secondary N) is 2. The van der Waals surface area contributed by atoms with E-state index in [4.69, 9.17) is 4.74 Å². The largest absolute Gasteiger partial charge is 0.382 e. The minimum absolute atomic E-state index is 0.0706. The zero-order chi connectivity index (χ0) is 10.2. The van der Waals surface area contributed by atoms with E-state index in [1.807, 2.05) is 0 Å². The van der Waals surface area contributed by atoms with Gasteiger partial charge in [0, 0.05) is 7.11 Å². The van der Waals surface area contributed by atoms with Crippen LogP contribution in [0.5, 0.6) is 0 Å². The maximum absolute atomic E-state index is 11.6. The summed E-state index contributed by atoms with van der Waals surface area (Å²) in [5.41, 5.74) is -0.664. The van der Waals surface area contributed by atoms with Crippen molar-refractivity contribution in [2.45, 2.75) is 31.3 Å². The Morgan fingerprint density at radius 2 is 2.36 bits per heavy atom. The number of hydrogen-bond acceptors (Lipinski definition) is 3. The van der Waals surface area contributed by atoms with Gasteiger partial charge in [-0.15, -0.1) is 0 Å². The zero-order valence-corrected chi connectivity index (χ0v) is 8.46. The summed E-state index contributed by atoms with van der Waals surface area (Å²) < 4.78 is 4.99. The number of nitrogens with zero attached hydrogens (tertiary/aromatic N) is 1. The predicted octanol–water partition coefficient (Wildman–Crippen LogP) is -0.371. The Hall–Kier alpha value is -1.10. The lowest BCUT2D eigenvalue weighted by molar-refractivity contribution is -0.125. The van der Waals surface area contributed by atoms with E-state index in [2.05, 4.69) is 15.6 Å². The van der Waals surface area contributed by atoms with Crippen molar-refractivity contribution in [1.82, 2.24) is 10.6 Å². The molecule has 2 aliphatic rings. The van der Waals surface area contributed by atoms with Crippen LogP contribution >= 0.6 is 0 Å². The standard InChI is InChI=1S/C9H15N3O2/c1-9(5-14-2)7(13)11-8(12-9)10-6-3-4-6/h6H,3-5H2,1-2H3,(H2,10,11,12,13). The number of methoxy groups -OCH3 is 1. The van der Waals surface area contributed by atoms with E-state index in [1.54, 1.807) is 14.0 Å². The summed E-state index contributed by atoms with van der Waals surface area (Å²) in [6, 6.07) is 0.405. The molecule has 1 aliphatic carbocycles. The molecular weight excluding hydrogens is 182 g/mol. The quantitative estimate of drug-likeness (QED) is 0.649. The van der Waals surface area contributed by atoms with Crippen LogP contribution in [-0.4, -0.2) is 37.2 Å². The molecule has 2 N–H and O–H groups in total. The summed E-state index contributed by atoms with van der Waals surface area (Å²) in [5.74, 6) is 0.524.